The molecule has 25 heavy (non-hydrogen) atoms. The molecular weight excluding hydrogens is 300 g/mol. The van der Waals surface area contributed by atoms with Gasteiger partial charge in [0, 0.05) is 0 Å². The standard InChI is InChI=1S/C25H40/c1-3-5-21-6-8-22(9-7-21)10-11-23-14-18-25(19-15-23)24-16-12-20(4-2)13-17-24/h4,6,8,10-11,20-25H,2-3,5,7,9,12-19H2,1H3/b11-10+. The molecule has 0 aliphatic heterocycles. The van der Waals surface area contributed by atoms with Gasteiger partial charge in [-0.25, -0.2) is 0 Å². The summed E-state index contributed by atoms with van der Waals surface area (Å²) < 4.78 is 0. The Morgan fingerprint density at radius 1 is 0.760 bits per heavy atom. The number of rotatable bonds is 6. The van der Waals surface area contributed by atoms with E-state index in [1.54, 1.807) is 0 Å². The van der Waals surface area contributed by atoms with Gasteiger partial charge in [0.15, 0.2) is 0 Å². The highest BCUT2D eigenvalue weighted by atomic mass is 14.3. The van der Waals surface area contributed by atoms with Crippen molar-refractivity contribution in [1.29, 1.82) is 0 Å². The van der Waals surface area contributed by atoms with Crippen LogP contribution in [0.2, 0.25) is 0 Å². The van der Waals surface area contributed by atoms with Crippen LogP contribution in [0, 0.1) is 35.5 Å². The van der Waals surface area contributed by atoms with Crippen molar-refractivity contribution in [3.8, 4) is 0 Å². The Morgan fingerprint density at radius 2 is 1.40 bits per heavy atom. The summed E-state index contributed by atoms with van der Waals surface area (Å²) in [6.07, 6.45) is 29.4. The largest absolute Gasteiger partial charge is 0.103 e. The van der Waals surface area contributed by atoms with Crippen molar-refractivity contribution >= 4 is 0 Å². The van der Waals surface area contributed by atoms with E-state index < -0.39 is 0 Å². The van der Waals surface area contributed by atoms with Gasteiger partial charge in [0.1, 0.15) is 0 Å². The Bertz CT molecular complexity index is 441. The number of allylic oxidation sites excluding steroid dienone is 5. The van der Waals surface area contributed by atoms with Crippen LogP contribution in [-0.4, -0.2) is 0 Å². The lowest BCUT2D eigenvalue weighted by molar-refractivity contribution is 0.166. The second-order valence-electron chi connectivity index (χ2n) is 9.15. The normalized spacial score (nSPS) is 39.6. The predicted octanol–water partition coefficient (Wildman–Crippen LogP) is 7.72. The minimum absolute atomic E-state index is 0.722. The molecule has 3 aliphatic rings. The molecule has 140 valence electrons. The summed E-state index contributed by atoms with van der Waals surface area (Å²) in [6, 6.07) is 0. The molecule has 0 spiro atoms. The molecule has 0 heterocycles. The Labute approximate surface area is 156 Å². The first-order valence-corrected chi connectivity index (χ1v) is 11.3. The average molecular weight is 341 g/mol. The van der Waals surface area contributed by atoms with Crippen LogP contribution in [0.1, 0.15) is 84.0 Å². The minimum atomic E-state index is 0.722. The van der Waals surface area contributed by atoms with Gasteiger partial charge >= 0.3 is 0 Å². The molecule has 0 heteroatoms. The highest BCUT2D eigenvalue weighted by Crippen LogP contribution is 2.42. The summed E-state index contributed by atoms with van der Waals surface area (Å²) in [5.74, 6) is 5.32. The zero-order valence-corrected chi connectivity index (χ0v) is 16.5. The third-order valence-corrected chi connectivity index (χ3v) is 7.42. The number of hydrogen-bond acceptors (Lipinski definition) is 0. The average Bonchev–Trinajstić information content (AvgIpc) is 2.68. The van der Waals surface area contributed by atoms with Gasteiger partial charge in [-0.3, -0.25) is 0 Å². The minimum Gasteiger partial charge on any atom is -0.103 e. The van der Waals surface area contributed by atoms with Crippen molar-refractivity contribution in [3.05, 3.63) is 37.0 Å². The first kappa shape index (κ1) is 19.0. The third-order valence-electron chi connectivity index (χ3n) is 7.42. The zero-order valence-electron chi connectivity index (χ0n) is 16.5. The summed E-state index contributed by atoms with van der Waals surface area (Å²) >= 11 is 0. The second-order valence-corrected chi connectivity index (χ2v) is 9.15. The maximum Gasteiger partial charge on any atom is -0.00531 e. The van der Waals surface area contributed by atoms with Gasteiger partial charge in [-0.05, 0) is 106 Å². The van der Waals surface area contributed by atoms with Gasteiger partial charge in [0.05, 0.1) is 0 Å². The molecule has 2 fully saturated rings. The molecule has 0 N–H and O–H groups in total. The zero-order chi connectivity index (χ0) is 17.5. The van der Waals surface area contributed by atoms with E-state index in [4.69, 9.17) is 0 Å². The van der Waals surface area contributed by atoms with Gasteiger partial charge in [-0.15, -0.1) is 6.58 Å². The van der Waals surface area contributed by atoms with E-state index in [1.165, 1.54) is 77.0 Å². The van der Waals surface area contributed by atoms with Crippen molar-refractivity contribution in [1.82, 2.24) is 0 Å². The van der Waals surface area contributed by atoms with Crippen molar-refractivity contribution in [2.45, 2.75) is 84.0 Å². The molecule has 0 nitrogen and oxygen atoms in total. The molecule has 3 rings (SSSR count). The monoisotopic (exact) mass is 340 g/mol. The first-order chi connectivity index (χ1) is 12.3. The van der Waals surface area contributed by atoms with Crippen LogP contribution in [0.15, 0.2) is 37.0 Å². The van der Waals surface area contributed by atoms with E-state index in [0.29, 0.717) is 0 Å². The third kappa shape index (κ3) is 5.60. The summed E-state index contributed by atoms with van der Waals surface area (Å²) in [4.78, 5) is 0. The summed E-state index contributed by atoms with van der Waals surface area (Å²) in [6.45, 7) is 6.30. The first-order valence-electron chi connectivity index (χ1n) is 11.3. The Morgan fingerprint density at radius 3 is 1.92 bits per heavy atom. The lowest BCUT2D eigenvalue weighted by Gasteiger charge is -2.37. The van der Waals surface area contributed by atoms with Crippen LogP contribution < -0.4 is 0 Å². The van der Waals surface area contributed by atoms with Crippen molar-refractivity contribution < 1.29 is 0 Å². The van der Waals surface area contributed by atoms with Crippen LogP contribution in [0.5, 0.6) is 0 Å². The fourth-order valence-corrected chi connectivity index (χ4v) is 5.63. The highest BCUT2D eigenvalue weighted by Gasteiger charge is 2.29. The van der Waals surface area contributed by atoms with Crippen LogP contribution in [-0.2, 0) is 0 Å². The Balaban J connectivity index is 1.38. The number of hydrogen-bond donors (Lipinski definition) is 0. The molecule has 0 aromatic rings. The molecule has 3 aliphatic carbocycles. The van der Waals surface area contributed by atoms with Crippen molar-refractivity contribution in [3.63, 3.8) is 0 Å². The molecule has 0 amide bonds. The van der Waals surface area contributed by atoms with Crippen LogP contribution in [0.25, 0.3) is 0 Å². The fourth-order valence-electron chi connectivity index (χ4n) is 5.63. The maximum atomic E-state index is 3.99. The molecular formula is C25H40. The van der Waals surface area contributed by atoms with E-state index in [-0.39, 0.29) is 0 Å². The Kier molecular flexibility index (Phi) is 7.44. The van der Waals surface area contributed by atoms with Gasteiger partial charge in [0.25, 0.3) is 0 Å². The van der Waals surface area contributed by atoms with Gasteiger partial charge in [0.2, 0.25) is 0 Å². The van der Waals surface area contributed by atoms with Gasteiger partial charge in [-0.2, -0.15) is 0 Å². The topological polar surface area (TPSA) is 0 Å². The van der Waals surface area contributed by atoms with E-state index in [2.05, 4.69) is 43.9 Å². The molecule has 2 saturated carbocycles. The van der Waals surface area contributed by atoms with E-state index >= 15 is 0 Å². The molecule has 2 atom stereocenters. The van der Waals surface area contributed by atoms with Crippen LogP contribution in [0.4, 0.5) is 0 Å². The quantitative estimate of drug-likeness (QED) is 0.434. The van der Waals surface area contributed by atoms with Gasteiger partial charge in [-0.1, -0.05) is 43.7 Å². The smallest absolute Gasteiger partial charge is 0.00531 e. The molecule has 0 aromatic carbocycles. The summed E-state index contributed by atoms with van der Waals surface area (Å²) in [5, 5.41) is 0. The van der Waals surface area contributed by atoms with E-state index in [0.717, 1.165) is 35.5 Å². The van der Waals surface area contributed by atoms with E-state index in [9.17, 15) is 0 Å². The fraction of sp³-hybridized carbons (Fsp3) is 0.760. The van der Waals surface area contributed by atoms with Crippen LogP contribution >= 0.6 is 0 Å². The molecule has 0 saturated heterocycles. The van der Waals surface area contributed by atoms with Gasteiger partial charge < -0.3 is 0 Å². The van der Waals surface area contributed by atoms with Crippen LogP contribution in [0.3, 0.4) is 0 Å². The lowest BCUT2D eigenvalue weighted by atomic mass is 9.69. The van der Waals surface area contributed by atoms with Crippen molar-refractivity contribution in [2.75, 3.05) is 0 Å². The van der Waals surface area contributed by atoms with Crippen molar-refractivity contribution in [2.24, 2.45) is 35.5 Å². The Hall–Kier alpha value is -0.780. The lowest BCUT2D eigenvalue weighted by Crippen LogP contribution is -2.25. The molecule has 0 bridgehead atoms. The summed E-state index contributed by atoms with van der Waals surface area (Å²) in [5.41, 5.74) is 0. The second kappa shape index (κ2) is 9.79. The summed E-state index contributed by atoms with van der Waals surface area (Å²) in [7, 11) is 0. The maximum absolute atomic E-state index is 3.99. The molecule has 2 unspecified atom stereocenters. The molecule has 0 radical (unpaired) electrons. The molecule has 0 aromatic heterocycles. The predicted molar refractivity (Wildman–Crippen MR) is 110 cm³/mol. The highest BCUT2D eigenvalue weighted by molar-refractivity contribution is 5.07. The van der Waals surface area contributed by atoms with E-state index in [1.807, 2.05) is 0 Å². The SMILES string of the molecule is C=CC1CCC(C2CCC(/C=C/C3C=CC(CCC)CC3)CC2)CC1.